The summed E-state index contributed by atoms with van der Waals surface area (Å²) in [5.74, 6) is -1.61. The maximum Gasteiger partial charge on any atom is 0.263 e. The summed E-state index contributed by atoms with van der Waals surface area (Å²) in [4.78, 5) is 3.61. The lowest BCUT2D eigenvalue weighted by molar-refractivity contribution is 0.482. The number of nitrogens with zero attached hydrogens (tertiary/aromatic N) is 3. The molecule has 160 valence electrons. The first kappa shape index (κ1) is 21.4. The molecule has 3 aromatic carbocycles. The second-order valence-corrected chi connectivity index (χ2v) is 8.81. The van der Waals surface area contributed by atoms with Crippen molar-refractivity contribution in [3.05, 3.63) is 84.2 Å². The number of sulfonamides is 1. The largest absolute Gasteiger partial charge is 0.455 e. The van der Waals surface area contributed by atoms with E-state index in [1.807, 2.05) is 6.07 Å². The van der Waals surface area contributed by atoms with Crippen molar-refractivity contribution < 1.29 is 21.9 Å². The topological polar surface area (TPSA) is 105 Å². The Morgan fingerprint density at radius 1 is 1.00 bits per heavy atom. The molecule has 0 saturated heterocycles. The number of rotatable bonds is 6. The van der Waals surface area contributed by atoms with E-state index < -0.39 is 21.7 Å². The molecule has 0 atom stereocenters. The van der Waals surface area contributed by atoms with Gasteiger partial charge in [0.25, 0.3) is 10.0 Å². The summed E-state index contributed by atoms with van der Waals surface area (Å²) >= 11 is 0.869. The Kier molecular flexibility index (Phi) is 5.81. The van der Waals surface area contributed by atoms with Crippen LogP contribution in [0.2, 0.25) is 0 Å². The van der Waals surface area contributed by atoms with E-state index in [4.69, 9.17) is 4.74 Å². The summed E-state index contributed by atoms with van der Waals surface area (Å²) in [5.41, 5.74) is 0.800. The average Bonchev–Trinajstić information content (AvgIpc) is 3.28. The van der Waals surface area contributed by atoms with E-state index in [0.717, 1.165) is 23.7 Å². The van der Waals surface area contributed by atoms with Crippen LogP contribution in [0.15, 0.2) is 71.9 Å². The van der Waals surface area contributed by atoms with Gasteiger partial charge in [0.1, 0.15) is 23.9 Å². The van der Waals surface area contributed by atoms with E-state index in [0.29, 0.717) is 11.1 Å². The zero-order valence-corrected chi connectivity index (χ0v) is 17.6. The van der Waals surface area contributed by atoms with E-state index in [2.05, 4.69) is 14.1 Å². The molecular weight excluding hydrogens is 458 g/mol. The summed E-state index contributed by atoms with van der Waals surface area (Å²) in [6.45, 7) is 0. The molecule has 32 heavy (non-hydrogen) atoms. The van der Waals surface area contributed by atoms with Crippen LogP contribution in [0.25, 0.3) is 11.1 Å². The van der Waals surface area contributed by atoms with Gasteiger partial charge in [-0.2, -0.15) is 9.64 Å². The van der Waals surface area contributed by atoms with Crippen LogP contribution in [0.1, 0.15) is 5.56 Å². The van der Waals surface area contributed by atoms with E-state index in [-0.39, 0.29) is 27.1 Å². The zero-order valence-electron chi connectivity index (χ0n) is 16.0. The van der Waals surface area contributed by atoms with Crippen LogP contribution in [0.3, 0.4) is 0 Å². The highest BCUT2D eigenvalue weighted by molar-refractivity contribution is 7.93. The van der Waals surface area contributed by atoms with Gasteiger partial charge in [0.15, 0.2) is 11.6 Å². The van der Waals surface area contributed by atoms with Gasteiger partial charge in [-0.05, 0) is 42.0 Å². The number of halogens is 2. The third-order valence-corrected chi connectivity index (χ3v) is 6.35. The number of para-hydroxylation sites is 1. The molecule has 7 nitrogen and oxygen atoms in total. The van der Waals surface area contributed by atoms with Gasteiger partial charge in [0.05, 0.1) is 10.5 Å². The van der Waals surface area contributed by atoms with E-state index in [1.54, 1.807) is 24.3 Å². The fourth-order valence-corrected chi connectivity index (χ4v) is 4.51. The molecule has 0 aliphatic carbocycles. The molecule has 11 heteroatoms. The van der Waals surface area contributed by atoms with Crippen LogP contribution >= 0.6 is 11.5 Å². The molecule has 0 aliphatic heterocycles. The number of aromatic nitrogens is 2. The Morgan fingerprint density at radius 3 is 2.53 bits per heavy atom. The van der Waals surface area contributed by atoms with Gasteiger partial charge in [0.2, 0.25) is 5.13 Å². The lowest BCUT2D eigenvalue weighted by atomic mass is 10.0. The maximum absolute atomic E-state index is 13.7. The third kappa shape index (κ3) is 4.41. The van der Waals surface area contributed by atoms with Gasteiger partial charge in [0, 0.05) is 17.1 Å². The van der Waals surface area contributed by atoms with Crippen molar-refractivity contribution in [1.29, 1.82) is 5.26 Å². The molecule has 0 radical (unpaired) electrons. The molecule has 0 saturated carbocycles. The number of ether oxygens (including phenoxy) is 1. The number of hydrogen-bond acceptors (Lipinski definition) is 7. The van der Waals surface area contributed by atoms with Gasteiger partial charge < -0.3 is 4.74 Å². The Bertz CT molecular complexity index is 1440. The van der Waals surface area contributed by atoms with Crippen LogP contribution in [0.4, 0.5) is 13.9 Å². The Hall–Kier alpha value is -3.88. The van der Waals surface area contributed by atoms with Gasteiger partial charge in [-0.25, -0.2) is 22.2 Å². The molecule has 1 N–H and O–H groups in total. The van der Waals surface area contributed by atoms with Crippen LogP contribution in [0, 0.1) is 23.0 Å². The summed E-state index contributed by atoms with van der Waals surface area (Å²) in [6, 6.07) is 15.8. The molecule has 0 spiro atoms. The minimum Gasteiger partial charge on any atom is -0.455 e. The van der Waals surface area contributed by atoms with Crippen molar-refractivity contribution in [2.45, 2.75) is 4.90 Å². The first-order chi connectivity index (χ1) is 15.4. The number of nitriles is 1. The highest BCUT2D eigenvalue weighted by Crippen LogP contribution is 2.35. The Labute approximate surface area is 185 Å². The van der Waals surface area contributed by atoms with Crippen LogP contribution in [-0.2, 0) is 10.0 Å². The summed E-state index contributed by atoms with van der Waals surface area (Å²) in [7, 11) is -3.99. The average molecular weight is 470 g/mol. The molecule has 0 bridgehead atoms. The normalized spacial score (nSPS) is 11.0. The van der Waals surface area contributed by atoms with E-state index in [9.17, 15) is 22.5 Å². The van der Waals surface area contributed by atoms with Crippen molar-refractivity contribution in [2.24, 2.45) is 0 Å². The van der Waals surface area contributed by atoms with Crippen LogP contribution in [0.5, 0.6) is 11.5 Å². The Balaban J connectivity index is 1.68. The second kappa shape index (κ2) is 8.70. The highest BCUT2D eigenvalue weighted by atomic mass is 32.2. The molecule has 1 heterocycles. The van der Waals surface area contributed by atoms with Crippen molar-refractivity contribution in [2.75, 3.05) is 4.72 Å². The smallest absolute Gasteiger partial charge is 0.263 e. The molecule has 4 rings (SSSR count). The predicted octanol–water partition coefficient (Wildman–Crippen LogP) is 4.95. The number of hydrogen-bond donors (Lipinski definition) is 1. The van der Waals surface area contributed by atoms with Crippen molar-refractivity contribution in [1.82, 2.24) is 9.36 Å². The van der Waals surface area contributed by atoms with Gasteiger partial charge in [-0.1, -0.05) is 24.3 Å². The van der Waals surface area contributed by atoms with Crippen molar-refractivity contribution in [3.63, 3.8) is 0 Å². The molecule has 0 aliphatic rings. The van der Waals surface area contributed by atoms with Crippen molar-refractivity contribution in [3.8, 4) is 28.7 Å². The fourth-order valence-electron chi connectivity index (χ4n) is 2.82. The lowest BCUT2D eigenvalue weighted by Crippen LogP contribution is -2.13. The number of anilines is 1. The number of benzene rings is 3. The van der Waals surface area contributed by atoms with Crippen molar-refractivity contribution >= 4 is 26.7 Å². The highest BCUT2D eigenvalue weighted by Gasteiger charge is 2.19. The van der Waals surface area contributed by atoms with E-state index in [1.165, 1.54) is 30.6 Å². The first-order valence-corrected chi connectivity index (χ1v) is 11.2. The molecule has 0 unspecified atom stereocenters. The van der Waals surface area contributed by atoms with Gasteiger partial charge in [-0.15, -0.1) is 0 Å². The zero-order chi connectivity index (χ0) is 22.7. The minimum atomic E-state index is -3.99. The van der Waals surface area contributed by atoms with E-state index >= 15 is 0 Å². The Morgan fingerprint density at radius 2 is 1.81 bits per heavy atom. The summed E-state index contributed by atoms with van der Waals surface area (Å²) in [5, 5.41) is 9.63. The molecule has 1 aromatic heterocycles. The standard InChI is InChI=1S/C21H12F2N4O3S2/c22-17-7-5-13(10-18(17)23)16-3-1-2-4-20(16)30-19-8-6-15(9-14(19)11-24)32(28,29)27-21-25-12-26-31-21/h1-10,12H,(H,25,26,27). The first-order valence-electron chi connectivity index (χ1n) is 8.93. The second-order valence-electron chi connectivity index (χ2n) is 6.35. The molecule has 4 aromatic rings. The predicted molar refractivity (Wildman–Crippen MR) is 114 cm³/mol. The monoisotopic (exact) mass is 470 g/mol. The maximum atomic E-state index is 13.7. The summed E-state index contributed by atoms with van der Waals surface area (Å²) in [6.07, 6.45) is 1.21. The summed E-state index contributed by atoms with van der Waals surface area (Å²) < 4.78 is 64.0. The van der Waals surface area contributed by atoms with Gasteiger partial charge in [-0.3, -0.25) is 4.72 Å². The number of nitrogens with one attached hydrogen (secondary N) is 1. The lowest BCUT2D eigenvalue weighted by Gasteiger charge is -2.13. The molecule has 0 fully saturated rings. The fraction of sp³-hybridized carbons (Fsp3) is 0. The minimum absolute atomic E-state index is 0.0368. The van der Waals surface area contributed by atoms with Gasteiger partial charge >= 0.3 is 0 Å². The quantitative estimate of drug-likeness (QED) is 0.428. The van der Waals surface area contributed by atoms with Crippen LogP contribution < -0.4 is 9.46 Å². The SMILES string of the molecule is N#Cc1cc(S(=O)(=O)Nc2ncns2)ccc1Oc1ccccc1-c1ccc(F)c(F)c1. The third-order valence-electron chi connectivity index (χ3n) is 4.30. The molecule has 0 amide bonds. The molecular formula is C21H12F2N4O3S2. The van der Waals surface area contributed by atoms with Crippen LogP contribution in [-0.4, -0.2) is 17.8 Å².